The monoisotopic (exact) mass is 176 g/mol. The van der Waals surface area contributed by atoms with Crippen LogP contribution in [0.15, 0.2) is 0 Å². The number of aliphatic hydroxyl groups is 1. The lowest BCUT2D eigenvalue weighted by Gasteiger charge is -2.25. The van der Waals surface area contributed by atoms with Crippen molar-refractivity contribution in [3.05, 3.63) is 0 Å². The zero-order valence-electron chi connectivity index (χ0n) is 7.16. The lowest BCUT2D eigenvalue weighted by molar-refractivity contribution is -0.137. The van der Waals surface area contributed by atoms with Crippen molar-refractivity contribution in [1.82, 2.24) is 0 Å². The van der Waals surface area contributed by atoms with Crippen LogP contribution in [0.25, 0.3) is 0 Å². The number of carboxylic acid groups (broad SMARTS) is 1. The number of hydrogen-bond donors (Lipinski definition) is 4. The van der Waals surface area contributed by atoms with Gasteiger partial charge in [-0.3, -0.25) is 4.79 Å². The highest BCUT2D eigenvalue weighted by Gasteiger charge is 2.22. The molecule has 5 heteroatoms. The summed E-state index contributed by atoms with van der Waals surface area (Å²) in [5.41, 5.74) is 9.61. The van der Waals surface area contributed by atoms with Gasteiger partial charge in [-0.2, -0.15) is 0 Å². The van der Waals surface area contributed by atoms with Crippen molar-refractivity contribution in [2.45, 2.75) is 38.0 Å². The maximum absolute atomic E-state index is 10.1. The van der Waals surface area contributed by atoms with Gasteiger partial charge >= 0.3 is 5.97 Å². The molecular formula is C7H16N2O3. The summed E-state index contributed by atoms with van der Waals surface area (Å²) in [5, 5.41) is 17.5. The zero-order valence-corrected chi connectivity index (χ0v) is 7.16. The van der Waals surface area contributed by atoms with Gasteiger partial charge in [0.15, 0.2) is 0 Å². The summed E-state index contributed by atoms with van der Waals surface area (Å²) in [5.74, 6) is -0.877. The van der Waals surface area contributed by atoms with Crippen LogP contribution in [-0.2, 0) is 4.79 Å². The summed E-state index contributed by atoms with van der Waals surface area (Å²) < 4.78 is 0. The largest absolute Gasteiger partial charge is 0.481 e. The van der Waals surface area contributed by atoms with Gasteiger partial charge in [0.1, 0.15) is 0 Å². The summed E-state index contributed by atoms with van der Waals surface area (Å²) in [4.78, 5) is 10.1. The third-order valence-electron chi connectivity index (χ3n) is 1.59. The molecule has 0 aliphatic heterocycles. The normalized spacial score (nSPS) is 14.3. The van der Waals surface area contributed by atoms with Crippen LogP contribution in [-0.4, -0.2) is 27.9 Å². The van der Waals surface area contributed by atoms with Gasteiger partial charge in [-0.25, -0.2) is 0 Å². The molecule has 0 saturated heterocycles. The van der Waals surface area contributed by atoms with Gasteiger partial charge in [0.05, 0.1) is 11.8 Å². The molecule has 12 heavy (non-hydrogen) atoms. The highest BCUT2D eigenvalue weighted by Crippen LogP contribution is 2.07. The van der Waals surface area contributed by atoms with E-state index in [9.17, 15) is 9.90 Å². The first-order chi connectivity index (χ1) is 5.34. The van der Waals surface area contributed by atoms with Crippen molar-refractivity contribution >= 4 is 5.97 Å². The van der Waals surface area contributed by atoms with E-state index in [4.69, 9.17) is 16.6 Å². The van der Waals surface area contributed by atoms with Crippen molar-refractivity contribution in [1.29, 1.82) is 0 Å². The Morgan fingerprint density at radius 3 is 2.42 bits per heavy atom. The molecule has 1 atom stereocenters. The molecule has 0 rings (SSSR count). The maximum Gasteiger partial charge on any atom is 0.303 e. The first kappa shape index (κ1) is 11.4. The Morgan fingerprint density at radius 2 is 2.08 bits per heavy atom. The molecule has 6 N–H and O–H groups in total. The minimum atomic E-state index is -1.14. The molecule has 0 aromatic rings. The fraction of sp³-hybridized carbons (Fsp3) is 0.857. The first-order valence-electron chi connectivity index (χ1n) is 3.81. The summed E-state index contributed by atoms with van der Waals surface area (Å²) in [6, 6.07) is 0. The molecule has 72 valence electrons. The second-order valence-electron chi connectivity index (χ2n) is 3.17. The topological polar surface area (TPSA) is 110 Å². The maximum atomic E-state index is 10.1. The van der Waals surface area contributed by atoms with Gasteiger partial charge in [0.2, 0.25) is 0 Å². The minimum Gasteiger partial charge on any atom is -0.481 e. The highest BCUT2D eigenvalue weighted by atomic mass is 16.4. The van der Waals surface area contributed by atoms with Gasteiger partial charge in [-0.1, -0.05) is 0 Å². The number of rotatable bonds is 5. The first-order valence-corrected chi connectivity index (χ1v) is 3.81. The Bertz CT molecular complexity index is 153. The molecular weight excluding hydrogens is 160 g/mol. The summed E-state index contributed by atoms with van der Waals surface area (Å²) in [6.07, 6.45) is -0.111. The predicted molar refractivity (Wildman–Crippen MR) is 44.3 cm³/mol. The third-order valence-corrected chi connectivity index (χ3v) is 1.59. The lowest BCUT2D eigenvalue weighted by Crippen LogP contribution is -2.56. The van der Waals surface area contributed by atoms with E-state index in [-0.39, 0.29) is 6.42 Å². The molecule has 0 radical (unpaired) electrons. The predicted octanol–water partition coefficient (Wildman–Crippen LogP) is -0.764. The molecule has 0 aromatic heterocycles. The van der Waals surface area contributed by atoms with Crippen molar-refractivity contribution < 1.29 is 15.0 Å². The zero-order chi connectivity index (χ0) is 9.78. The Kier molecular flexibility index (Phi) is 4.16. The molecule has 0 spiro atoms. The van der Waals surface area contributed by atoms with Crippen molar-refractivity contribution in [3.63, 3.8) is 0 Å². The van der Waals surface area contributed by atoms with Crippen LogP contribution >= 0.6 is 0 Å². The molecule has 0 fully saturated rings. The van der Waals surface area contributed by atoms with Crippen LogP contribution < -0.4 is 11.5 Å². The van der Waals surface area contributed by atoms with E-state index in [0.717, 1.165) is 0 Å². The molecule has 0 saturated carbocycles. The average Bonchev–Trinajstić information content (AvgIpc) is 1.84. The van der Waals surface area contributed by atoms with E-state index < -0.39 is 17.7 Å². The second kappa shape index (κ2) is 4.39. The standard InChI is InChI=1S/C7H16N2O3/c1-7(8,9)5(10)3-2-4-6(11)12/h5,10H,2-4,8-9H2,1H3,(H,11,12). The number of aliphatic carboxylic acids is 1. The van der Waals surface area contributed by atoms with Crippen LogP contribution in [0.3, 0.4) is 0 Å². The Morgan fingerprint density at radius 1 is 1.58 bits per heavy atom. The Labute approximate surface area is 71.4 Å². The SMILES string of the molecule is CC(N)(N)C(O)CCCC(=O)O. The number of aliphatic hydroxyl groups excluding tert-OH is 1. The van der Waals surface area contributed by atoms with Gasteiger partial charge in [0.25, 0.3) is 0 Å². The van der Waals surface area contributed by atoms with Crippen LogP contribution in [0.2, 0.25) is 0 Å². The summed E-state index contributed by atoms with van der Waals surface area (Å²) >= 11 is 0. The van der Waals surface area contributed by atoms with Crippen LogP contribution in [0.4, 0.5) is 0 Å². The van der Waals surface area contributed by atoms with Crippen LogP contribution in [0, 0.1) is 0 Å². The minimum absolute atomic E-state index is 0.0349. The Hall–Kier alpha value is -0.650. The lowest BCUT2D eigenvalue weighted by atomic mass is 10.0. The molecule has 5 nitrogen and oxygen atoms in total. The van der Waals surface area contributed by atoms with E-state index in [1.165, 1.54) is 6.92 Å². The summed E-state index contributed by atoms with van der Waals surface area (Å²) in [7, 11) is 0. The molecule has 1 unspecified atom stereocenters. The smallest absolute Gasteiger partial charge is 0.303 e. The fourth-order valence-corrected chi connectivity index (χ4v) is 0.758. The van der Waals surface area contributed by atoms with Gasteiger partial charge in [-0.05, 0) is 19.8 Å². The molecule has 0 bridgehead atoms. The van der Waals surface area contributed by atoms with E-state index >= 15 is 0 Å². The van der Waals surface area contributed by atoms with E-state index in [0.29, 0.717) is 12.8 Å². The molecule has 0 aromatic carbocycles. The summed E-state index contributed by atoms with van der Waals surface area (Å²) in [6.45, 7) is 1.50. The number of nitrogens with two attached hydrogens (primary N) is 2. The second-order valence-corrected chi connectivity index (χ2v) is 3.17. The third kappa shape index (κ3) is 5.06. The van der Waals surface area contributed by atoms with E-state index in [1.54, 1.807) is 0 Å². The van der Waals surface area contributed by atoms with Crippen molar-refractivity contribution in [3.8, 4) is 0 Å². The van der Waals surface area contributed by atoms with E-state index in [2.05, 4.69) is 0 Å². The molecule has 0 heterocycles. The van der Waals surface area contributed by atoms with Gasteiger partial charge < -0.3 is 21.7 Å². The highest BCUT2D eigenvalue weighted by molar-refractivity contribution is 5.66. The number of hydrogen-bond acceptors (Lipinski definition) is 4. The molecule has 0 aliphatic rings. The van der Waals surface area contributed by atoms with E-state index in [1.807, 2.05) is 0 Å². The van der Waals surface area contributed by atoms with Gasteiger partial charge in [0, 0.05) is 6.42 Å². The van der Waals surface area contributed by atoms with Gasteiger partial charge in [-0.15, -0.1) is 0 Å². The Balaban J connectivity index is 3.58. The fourth-order valence-electron chi connectivity index (χ4n) is 0.758. The van der Waals surface area contributed by atoms with Crippen LogP contribution in [0.1, 0.15) is 26.2 Å². The average molecular weight is 176 g/mol. The van der Waals surface area contributed by atoms with Crippen LogP contribution in [0.5, 0.6) is 0 Å². The molecule has 0 aliphatic carbocycles. The molecule has 0 amide bonds. The number of carboxylic acids is 1. The van der Waals surface area contributed by atoms with Crippen molar-refractivity contribution in [2.75, 3.05) is 0 Å². The van der Waals surface area contributed by atoms with Crippen molar-refractivity contribution in [2.24, 2.45) is 11.5 Å². The number of carbonyl (C=O) groups is 1. The quantitative estimate of drug-likeness (QED) is 0.411.